The lowest BCUT2D eigenvalue weighted by Crippen LogP contribution is -2.79. The van der Waals surface area contributed by atoms with Crippen molar-refractivity contribution in [3.8, 4) is 0 Å². The van der Waals surface area contributed by atoms with Crippen molar-refractivity contribution in [1.29, 1.82) is 0 Å². The molecule has 16 heteroatoms. The number of carbonyl (C=O) groups excluding carboxylic acids is 4. The third-order valence-electron chi connectivity index (χ3n) is 12.0. The second kappa shape index (κ2) is 8.09. The predicted octanol–water partition coefficient (Wildman–Crippen LogP) is 1.33. The Morgan fingerprint density at radius 3 is 2.15 bits per heavy atom. The van der Waals surface area contributed by atoms with Gasteiger partial charge in [0.15, 0.2) is 9.74 Å². The van der Waals surface area contributed by atoms with E-state index in [1.807, 2.05) is 48.5 Å². The van der Waals surface area contributed by atoms with Crippen LogP contribution in [0.5, 0.6) is 0 Å². The van der Waals surface area contributed by atoms with Gasteiger partial charge in [0.2, 0.25) is 9.74 Å². The molecular formula is C30H28N6O6S4. The summed E-state index contributed by atoms with van der Waals surface area (Å²) in [6.07, 6.45) is -3.11. The summed E-state index contributed by atoms with van der Waals surface area (Å²) in [6.45, 7) is 1.17. The fraction of sp³-hybridized carbons (Fsp3) is 0.467. The van der Waals surface area contributed by atoms with E-state index in [0.717, 1.165) is 32.8 Å². The van der Waals surface area contributed by atoms with E-state index in [1.165, 1.54) is 43.3 Å². The van der Waals surface area contributed by atoms with E-state index in [4.69, 9.17) is 0 Å². The maximum atomic E-state index is 14.7. The van der Waals surface area contributed by atoms with Crippen LogP contribution in [0.1, 0.15) is 24.5 Å². The number of nitrogens with zero attached hydrogens (tertiary/aromatic N) is 4. The van der Waals surface area contributed by atoms with E-state index in [9.17, 15) is 29.4 Å². The van der Waals surface area contributed by atoms with Gasteiger partial charge in [0, 0.05) is 31.9 Å². The Labute approximate surface area is 279 Å². The first-order chi connectivity index (χ1) is 21.9. The smallest absolute Gasteiger partial charge is 0.265 e. The number of rotatable bonds is 2. The number of amides is 4. The van der Waals surface area contributed by atoms with Gasteiger partial charge in [0.05, 0.1) is 17.4 Å². The molecule has 2 aromatic carbocycles. The zero-order valence-electron chi connectivity index (χ0n) is 24.7. The van der Waals surface area contributed by atoms with E-state index in [-0.39, 0.29) is 18.2 Å². The van der Waals surface area contributed by atoms with Gasteiger partial charge in [0.1, 0.15) is 18.4 Å². The summed E-state index contributed by atoms with van der Waals surface area (Å²) in [5, 5.41) is 31.1. The average Bonchev–Trinajstić information content (AvgIpc) is 3.73. The van der Waals surface area contributed by atoms with Crippen molar-refractivity contribution in [1.82, 2.24) is 19.6 Å². The number of carbonyl (C=O) groups is 4. The number of fused-ring (bicyclic) bond motifs is 11. The molecule has 4 bridgehead atoms. The highest BCUT2D eigenvalue weighted by molar-refractivity contribution is 8.78. The summed E-state index contributed by atoms with van der Waals surface area (Å²) < 4.78 is 0. The highest BCUT2D eigenvalue weighted by Gasteiger charge is 2.90. The number of likely N-dealkylation sites (N-methyl/N-ethyl adjacent to an activating group) is 2. The van der Waals surface area contributed by atoms with E-state index in [0.29, 0.717) is 11.3 Å². The summed E-state index contributed by atoms with van der Waals surface area (Å²) in [7, 11) is 8.13. The van der Waals surface area contributed by atoms with Crippen molar-refractivity contribution in [3.63, 3.8) is 0 Å². The number of piperazine rings is 2. The van der Waals surface area contributed by atoms with Crippen molar-refractivity contribution in [2.45, 2.75) is 62.1 Å². The molecule has 8 saturated heterocycles. The Balaban J connectivity index is 1.32. The lowest BCUT2D eigenvalue weighted by Gasteiger charge is -2.58. The third kappa shape index (κ3) is 2.39. The molecule has 12 rings (SSSR count). The number of aliphatic hydroxyl groups excluding tert-OH is 2. The predicted molar refractivity (Wildman–Crippen MR) is 175 cm³/mol. The van der Waals surface area contributed by atoms with Gasteiger partial charge in [0.25, 0.3) is 23.6 Å². The first kappa shape index (κ1) is 28.3. The molecule has 10 aliphatic rings. The summed E-state index contributed by atoms with van der Waals surface area (Å²) in [4.78, 5) is 58.6. The van der Waals surface area contributed by atoms with Crippen LogP contribution in [-0.4, -0.2) is 112 Å². The minimum atomic E-state index is -1.74. The third-order valence-corrected chi connectivity index (χ3v) is 19.4. The average molecular weight is 697 g/mol. The molecule has 4 amide bonds. The second-order valence-corrected chi connectivity index (χ2v) is 18.9. The lowest BCUT2D eigenvalue weighted by atomic mass is 9.53. The summed E-state index contributed by atoms with van der Waals surface area (Å²) in [5.41, 5.74) is 0.336. The number of aliphatic hydroxyl groups is 2. The zero-order chi connectivity index (χ0) is 32.0. The Kier molecular flexibility index (Phi) is 4.97. The maximum absolute atomic E-state index is 14.7. The molecular weight excluding hydrogens is 669 g/mol. The van der Waals surface area contributed by atoms with Gasteiger partial charge in [-0.3, -0.25) is 29.0 Å². The van der Waals surface area contributed by atoms with Crippen LogP contribution < -0.4 is 10.6 Å². The van der Waals surface area contributed by atoms with E-state index in [2.05, 4.69) is 10.6 Å². The normalized spacial score (nSPS) is 45.4. The highest BCUT2D eigenvalue weighted by atomic mass is 33.1. The van der Waals surface area contributed by atoms with Crippen molar-refractivity contribution in [2.75, 3.05) is 31.3 Å². The number of para-hydroxylation sites is 2. The van der Waals surface area contributed by atoms with Gasteiger partial charge in [-0.1, -0.05) is 58.0 Å². The molecule has 0 saturated carbocycles. The summed E-state index contributed by atoms with van der Waals surface area (Å²) >= 11 is 0. The topological polar surface area (TPSA) is 146 Å². The van der Waals surface area contributed by atoms with Crippen molar-refractivity contribution < 1.29 is 29.4 Å². The van der Waals surface area contributed by atoms with Gasteiger partial charge in [-0.15, -0.1) is 0 Å². The van der Waals surface area contributed by atoms with Crippen LogP contribution in [0.25, 0.3) is 0 Å². The lowest BCUT2D eigenvalue weighted by molar-refractivity contribution is -0.169. The zero-order valence-corrected chi connectivity index (χ0v) is 28.0. The SMILES string of the molecule is CN1C(=O)C23CC4(C56c7ccccc7NC5N5C(=O)C7(CO)SSC5(C(=O)N7C)C6O)c5ccccc5NC4N2C(=O)C1(C)SS3. The van der Waals surface area contributed by atoms with Crippen LogP contribution in [-0.2, 0) is 30.0 Å². The van der Waals surface area contributed by atoms with Crippen LogP contribution in [0.15, 0.2) is 48.5 Å². The van der Waals surface area contributed by atoms with Gasteiger partial charge in [-0.05, 0) is 51.8 Å². The number of benzene rings is 2. The van der Waals surface area contributed by atoms with Crippen LogP contribution in [0.3, 0.4) is 0 Å². The summed E-state index contributed by atoms with van der Waals surface area (Å²) in [6, 6.07) is 15.3. The standard InChI is InChI=1S/C30H28N6O6S4/c1-25-21(39)35-19-26(14-8-4-6-10-16(14)31-19,12-27(35,44-43-25)22(40)33(25)2)29-15-9-5-7-11-17(15)32-20(29)36-23(41)28(13-37)34(3)24(42)30(36,18(29)38)46-45-28/h4-11,18-20,31-32,37-38H,12-13H2,1-3H3. The number of nitrogens with one attached hydrogen (secondary N) is 2. The Hall–Kier alpha value is -2.76. The fourth-order valence-electron chi connectivity index (χ4n) is 9.86. The summed E-state index contributed by atoms with van der Waals surface area (Å²) in [5.74, 6) is -1.35. The number of hydrogen-bond acceptors (Lipinski definition) is 12. The molecule has 9 atom stereocenters. The van der Waals surface area contributed by atoms with Gasteiger partial charge in [-0.25, -0.2) is 0 Å². The van der Waals surface area contributed by atoms with E-state index >= 15 is 0 Å². The molecule has 0 aromatic heterocycles. The Morgan fingerprint density at radius 2 is 1.43 bits per heavy atom. The number of hydrogen-bond donors (Lipinski definition) is 4. The van der Waals surface area contributed by atoms with Crippen LogP contribution in [0.2, 0.25) is 0 Å². The number of anilines is 2. The Morgan fingerprint density at radius 1 is 0.783 bits per heavy atom. The van der Waals surface area contributed by atoms with Gasteiger partial charge < -0.3 is 30.6 Å². The largest absolute Gasteiger partial charge is 0.392 e. The second-order valence-electron chi connectivity index (χ2n) is 13.4. The maximum Gasteiger partial charge on any atom is 0.265 e. The molecule has 10 heterocycles. The highest BCUT2D eigenvalue weighted by Crippen LogP contribution is 2.78. The monoisotopic (exact) mass is 696 g/mol. The fourth-order valence-corrected chi connectivity index (χ4v) is 17.0. The molecule has 0 aliphatic carbocycles. The molecule has 46 heavy (non-hydrogen) atoms. The van der Waals surface area contributed by atoms with Crippen LogP contribution >= 0.6 is 43.2 Å². The first-order valence-corrected chi connectivity index (χ1v) is 19.2. The van der Waals surface area contributed by atoms with Crippen molar-refractivity contribution >= 4 is 78.2 Å². The van der Waals surface area contributed by atoms with Crippen molar-refractivity contribution in [3.05, 3.63) is 59.7 Å². The molecule has 4 N–H and O–H groups in total. The molecule has 2 spiro atoms. The molecule has 238 valence electrons. The van der Waals surface area contributed by atoms with Crippen molar-refractivity contribution in [2.24, 2.45) is 0 Å². The van der Waals surface area contributed by atoms with Gasteiger partial charge in [-0.2, -0.15) is 0 Å². The molecule has 12 nitrogen and oxygen atoms in total. The van der Waals surface area contributed by atoms with Crippen LogP contribution in [0, 0.1) is 0 Å². The minimum Gasteiger partial charge on any atom is -0.392 e. The quantitative estimate of drug-likeness (QED) is 0.336. The first-order valence-electron chi connectivity index (χ1n) is 14.9. The Bertz CT molecular complexity index is 1890. The molecule has 0 radical (unpaired) electrons. The molecule has 8 fully saturated rings. The van der Waals surface area contributed by atoms with Gasteiger partial charge >= 0.3 is 0 Å². The minimum absolute atomic E-state index is 0.131. The van der Waals surface area contributed by atoms with Crippen LogP contribution in [0.4, 0.5) is 11.4 Å². The molecule has 10 aliphatic heterocycles. The molecule has 9 unspecified atom stereocenters. The van der Waals surface area contributed by atoms with E-state index in [1.54, 1.807) is 18.9 Å². The van der Waals surface area contributed by atoms with E-state index < -0.39 is 67.2 Å². The molecule has 2 aromatic rings.